The molecule has 0 N–H and O–H groups in total. The third kappa shape index (κ3) is 4.41. The maximum atomic E-state index is 6.53. The van der Waals surface area contributed by atoms with Crippen LogP contribution >= 0.6 is 11.6 Å². The molecule has 2 aromatic rings. The normalized spacial score (nSPS) is 15.1. The highest BCUT2D eigenvalue weighted by Gasteiger charge is 2.24. The Kier molecular flexibility index (Phi) is 7.13. The van der Waals surface area contributed by atoms with Gasteiger partial charge in [-0.1, -0.05) is 25.4 Å². The molecule has 2 heterocycles. The fourth-order valence-electron chi connectivity index (χ4n) is 3.81. The van der Waals surface area contributed by atoms with Crippen molar-refractivity contribution in [3.63, 3.8) is 0 Å². The number of benzene rings is 1. The lowest BCUT2D eigenvalue weighted by Crippen LogP contribution is -2.36. The number of methoxy groups -OCH3 is 2. The van der Waals surface area contributed by atoms with E-state index in [4.69, 9.17) is 31.0 Å². The molecule has 0 saturated carbocycles. The van der Waals surface area contributed by atoms with Crippen LogP contribution in [-0.4, -0.2) is 43.9 Å². The van der Waals surface area contributed by atoms with E-state index >= 15 is 0 Å². The minimum atomic E-state index is 0.638. The third-order valence-electron chi connectivity index (χ3n) is 5.44. The molecule has 0 aliphatic carbocycles. The maximum Gasteiger partial charge on any atom is 0.150 e. The smallest absolute Gasteiger partial charge is 0.150 e. The SMILES string of the molecule is CCc1nc(N2CCC(COC)CC2)c(CC)nc1-c1ccc(OC)cc1Cl. The second-order valence-electron chi connectivity index (χ2n) is 7.23. The standard InChI is InChI=1S/C22H30ClN3O2/c1-5-19-21(17-8-7-16(28-4)13-18(17)23)24-20(6-2)22(25-19)26-11-9-15(10-12-26)14-27-3/h7-8,13,15H,5-6,9-12,14H2,1-4H3. The molecule has 0 spiro atoms. The first-order chi connectivity index (χ1) is 13.6. The molecule has 28 heavy (non-hydrogen) atoms. The molecule has 1 aliphatic rings. The molecule has 3 rings (SSSR count). The predicted octanol–water partition coefficient (Wildman–Crippen LogP) is 4.79. The van der Waals surface area contributed by atoms with Crippen molar-refractivity contribution in [1.82, 2.24) is 9.97 Å². The molecule has 0 radical (unpaired) electrons. The fourth-order valence-corrected chi connectivity index (χ4v) is 4.07. The summed E-state index contributed by atoms with van der Waals surface area (Å²) < 4.78 is 10.6. The zero-order valence-electron chi connectivity index (χ0n) is 17.3. The van der Waals surface area contributed by atoms with E-state index in [0.717, 1.165) is 79.6 Å². The first kappa shape index (κ1) is 20.9. The Morgan fingerprint density at radius 1 is 1.07 bits per heavy atom. The number of piperidine rings is 1. The first-order valence-corrected chi connectivity index (χ1v) is 10.5. The summed E-state index contributed by atoms with van der Waals surface area (Å²) in [4.78, 5) is 12.5. The first-order valence-electron chi connectivity index (χ1n) is 10.1. The van der Waals surface area contributed by atoms with E-state index in [9.17, 15) is 0 Å². The monoisotopic (exact) mass is 403 g/mol. The van der Waals surface area contributed by atoms with E-state index in [0.29, 0.717) is 10.9 Å². The lowest BCUT2D eigenvalue weighted by Gasteiger charge is -2.33. The van der Waals surface area contributed by atoms with Crippen LogP contribution in [0.5, 0.6) is 5.75 Å². The van der Waals surface area contributed by atoms with Crippen LogP contribution in [0, 0.1) is 5.92 Å². The Bertz CT molecular complexity index is 805. The average molecular weight is 404 g/mol. The third-order valence-corrected chi connectivity index (χ3v) is 5.75. The molecular formula is C22H30ClN3O2. The molecule has 1 aromatic carbocycles. The Balaban J connectivity index is 1.95. The van der Waals surface area contributed by atoms with Gasteiger partial charge in [0.15, 0.2) is 5.82 Å². The van der Waals surface area contributed by atoms with Crippen LogP contribution < -0.4 is 9.64 Å². The summed E-state index contributed by atoms with van der Waals surface area (Å²) >= 11 is 6.53. The zero-order valence-corrected chi connectivity index (χ0v) is 18.1. The van der Waals surface area contributed by atoms with Crippen LogP contribution in [0.15, 0.2) is 18.2 Å². The van der Waals surface area contributed by atoms with Gasteiger partial charge in [0.25, 0.3) is 0 Å². The second kappa shape index (κ2) is 9.57. The van der Waals surface area contributed by atoms with Crippen molar-refractivity contribution < 1.29 is 9.47 Å². The maximum absolute atomic E-state index is 6.53. The van der Waals surface area contributed by atoms with Crippen LogP contribution in [-0.2, 0) is 17.6 Å². The van der Waals surface area contributed by atoms with Gasteiger partial charge in [-0.2, -0.15) is 0 Å². The van der Waals surface area contributed by atoms with Crippen molar-refractivity contribution in [1.29, 1.82) is 0 Å². The average Bonchev–Trinajstić information content (AvgIpc) is 2.73. The summed E-state index contributed by atoms with van der Waals surface area (Å²) in [7, 11) is 3.42. The lowest BCUT2D eigenvalue weighted by atomic mass is 9.97. The van der Waals surface area contributed by atoms with Gasteiger partial charge in [-0.05, 0) is 49.8 Å². The Morgan fingerprint density at radius 2 is 1.79 bits per heavy atom. The highest BCUT2D eigenvalue weighted by molar-refractivity contribution is 6.33. The molecule has 1 aliphatic heterocycles. The molecule has 0 atom stereocenters. The van der Waals surface area contributed by atoms with E-state index in [1.54, 1.807) is 14.2 Å². The molecule has 0 unspecified atom stereocenters. The van der Waals surface area contributed by atoms with Gasteiger partial charge in [0, 0.05) is 32.4 Å². The quantitative estimate of drug-likeness (QED) is 0.664. The van der Waals surface area contributed by atoms with Crippen LogP contribution in [0.4, 0.5) is 5.82 Å². The van der Waals surface area contributed by atoms with Gasteiger partial charge in [-0.15, -0.1) is 0 Å². The van der Waals surface area contributed by atoms with Gasteiger partial charge in [0.2, 0.25) is 0 Å². The van der Waals surface area contributed by atoms with Crippen molar-refractivity contribution in [3.05, 3.63) is 34.6 Å². The number of hydrogen-bond donors (Lipinski definition) is 0. The van der Waals surface area contributed by atoms with Crippen molar-refractivity contribution in [2.24, 2.45) is 5.92 Å². The van der Waals surface area contributed by atoms with Gasteiger partial charge in [-0.25, -0.2) is 9.97 Å². The van der Waals surface area contributed by atoms with Gasteiger partial charge < -0.3 is 14.4 Å². The summed E-state index contributed by atoms with van der Waals surface area (Å²) in [5, 5.41) is 0.638. The van der Waals surface area contributed by atoms with Crippen LogP contribution in [0.1, 0.15) is 38.1 Å². The summed E-state index contributed by atoms with van der Waals surface area (Å²) in [6.45, 7) is 7.10. The number of rotatable bonds is 7. The largest absolute Gasteiger partial charge is 0.497 e. The molecule has 1 fully saturated rings. The number of ether oxygens (including phenoxy) is 2. The van der Waals surface area contributed by atoms with E-state index < -0.39 is 0 Å². The minimum Gasteiger partial charge on any atom is -0.497 e. The minimum absolute atomic E-state index is 0.638. The number of nitrogens with zero attached hydrogens (tertiary/aromatic N) is 3. The van der Waals surface area contributed by atoms with Crippen molar-refractivity contribution in [3.8, 4) is 17.0 Å². The van der Waals surface area contributed by atoms with Gasteiger partial charge in [-0.3, -0.25) is 0 Å². The number of aryl methyl sites for hydroxylation is 2. The predicted molar refractivity (Wildman–Crippen MR) is 115 cm³/mol. The van der Waals surface area contributed by atoms with Crippen molar-refractivity contribution in [2.45, 2.75) is 39.5 Å². The van der Waals surface area contributed by atoms with Gasteiger partial charge in [0.05, 0.1) is 29.2 Å². The summed E-state index contributed by atoms with van der Waals surface area (Å²) in [6, 6.07) is 5.72. The number of hydrogen-bond acceptors (Lipinski definition) is 5. The summed E-state index contributed by atoms with van der Waals surface area (Å²) in [5.41, 5.74) is 3.81. The van der Waals surface area contributed by atoms with Crippen LogP contribution in [0.2, 0.25) is 5.02 Å². The van der Waals surface area contributed by atoms with Crippen LogP contribution in [0.25, 0.3) is 11.3 Å². The highest BCUT2D eigenvalue weighted by Crippen LogP contribution is 2.34. The van der Waals surface area contributed by atoms with Gasteiger partial charge >= 0.3 is 0 Å². The number of halogens is 1. The topological polar surface area (TPSA) is 47.5 Å². The van der Waals surface area contributed by atoms with Gasteiger partial charge in [0.1, 0.15) is 5.75 Å². The summed E-state index contributed by atoms with van der Waals surface area (Å²) in [5.74, 6) is 2.41. The Hall–Kier alpha value is -1.85. The Morgan fingerprint density at radius 3 is 2.36 bits per heavy atom. The van der Waals surface area contributed by atoms with Crippen molar-refractivity contribution >= 4 is 17.4 Å². The van der Waals surface area contributed by atoms with E-state index in [1.807, 2.05) is 18.2 Å². The highest BCUT2D eigenvalue weighted by atomic mass is 35.5. The fraction of sp³-hybridized carbons (Fsp3) is 0.545. The lowest BCUT2D eigenvalue weighted by molar-refractivity contribution is 0.139. The van der Waals surface area contributed by atoms with E-state index in [1.165, 1.54) is 0 Å². The molecule has 0 bridgehead atoms. The zero-order chi connectivity index (χ0) is 20.1. The second-order valence-corrected chi connectivity index (χ2v) is 7.64. The van der Waals surface area contributed by atoms with E-state index in [2.05, 4.69) is 18.7 Å². The molecule has 6 heteroatoms. The van der Waals surface area contributed by atoms with Crippen LogP contribution in [0.3, 0.4) is 0 Å². The Labute approximate surface area is 173 Å². The molecule has 1 aromatic heterocycles. The molecular weight excluding hydrogens is 374 g/mol. The molecule has 152 valence electrons. The molecule has 5 nitrogen and oxygen atoms in total. The number of aromatic nitrogens is 2. The molecule has 0 amide bonds. The number of anilines is 1. The van der Waals surface area contributed by atoms with E-state index in [-0.39, 0.29) is 0 Å². The van der Waals surface area contributed by atoms with Crippen molar-refractivity contribution in [2.75, 3.05) is 38.8 Å². The summed E-state index contributed by atoms with van der Waals surface area (Å²) in [6.07, 6.45) is 3.91. The molecule has 1 saturated heterocycles.